The molecule has 0 saturated heterocycles. The number of carbonyl (C=O) groups is 1. The molecule has 0 radical (unpaired) electrons. The topological polar surface area (TPSA) is 62.2 Å². The average Bonchev–Trinajstić information content (AvgIpc) is 2.33. The summed E-state index contributed by atoms with van der Waals surface area (Å²) in [5.74, 6) is -0.0663. The van der Waals surface area contributed by atoms with Crippen LogP contribution in [0.5, 0.6) is 0 Å². The van der Waals surface area contributed by atoms with Crippen LogP contribution in [0.15, 0.2) is 18.5 Å². The molecule has 0 saturated carbocycles. The lowest BCUT2D eigenvalue weighted by molar-refractivity contribution is 0.0952. The number of nitrogens with one attached hydrogen (secondary N) is 1. The van der Waals surface area contributed by atoms with Crippen LogP contribution < -0.4 is 5.32 Å². The number of pyridine rings is 1. The highest BCUT2D eigenvalue weighted by Gasteiger charge is 2.04. The van der Waals surface area contributed by atoms with E-state index in [1.165, 1.54) is 0 Å². The summed E-state index contributed by atoms with van der Waals surface area (Å²) in [5, 5.41) is 11.5. The number of carbonyl (C=O) groups excluding carboxylic acids is 1. The van der Waals surface area contributed by atoms with E-state index >= 15 is 0 Å². The van der Waals surface area contributed by atoms with Gasteiger partial charge in [-0.1, -0.05) is 12.8 Å². The minimum absolute atomic E-state index is 0.0663. The summed E-state index contributed by atoms with van der Waals surface area (Å²) in [6, 6.07) is 1.83. The van der Waals surface area contributed by atoms with Crippen LogP contribution in [-0.2, 0) is 0 Å². The van der Waals surface area contributed by atoms with Crippen molar-refractivity contribution < 1.29 is 9.90 Å². The Morgan fingerprint density at radius 2 is 2.06 bits per heavy atom. The van der Waals surface area contributed by atoms with Gasteiger partial charge in [0, 0.05) is 25.5 Å². The van der Waals surface area contributed by atoms with E-state index in [2.05, 4.69) is 10.3 Å². The van der Waals surface area contributed by atoms with Crippen LogP contribution in [0.25, 0.3) is 0 Å². The first kappa shape index (κ1) is 13.6. The minimum atomic E-state index is -0.0663. The van der Waals surface area contributed by atoms with Gasteiger partial charge in [-0.05, 0) is 31.4 Å². The van der Waals surface area contributed by atoms with Crippen molar-refractivity contribution in [1.29, 1.82) is 0 Å². The lowest BCUT2D eigenvalue weighted by Gasteiger charge is -2.05. The van der Waals surface area contributed by atoms with Gasteiger partial charge in [0.25, 0.3) is 5.91 Å². The van der Waals surface area contributed by atoms with E-state index in [0.29, 0.717) is 12.1 Å². The number of amides is 1. The number of aryl methyl sites for hydroxylation is 1. The Morgan fingerprint density at radius 3 is 2.76 bits per heavy atom. The zero-order valence-corrected chi connectivity index (χ0v) is 10.3. The lowest BCUT2D eigenvalue weighted by Crippen LogP contribution is -2.24. The van der Waals surface area contributed by atoms with E-state index in [-0.39, 0.29) is 12.5 Å². The molecule has 1 aromatic rings. The Kier molecular flexibility index (Phi) is 6.25. The number of unbranched alkanes of at least 4 members (excludes halogenated alkanes) is 3. The molecule has 1 aromatic heterocycles. The average molecular weight is 236 g/mol. The summed E-state index contributed by atoms with van der Waals surface area (Å²) in [4.78, 5) is 15.7. The van der Waals surface area contributed by atoms with Crippen LogP contribution >= 0.6 is 0 Å². The largest absolute Gasteiger partial charge is 0.396 e. The molecule has 4 heteroatoms. The summed E-state index contributed by atoms with van der Waals surface area (Å²) in [7, 11) is 0. The third-order valence-electron chi connectivity index (χ3n) is 2.51. The Morgan fingerprint density at radius 1 is 1.29 bits per heavy atom. The molecule has 0 fully saturated rings. The first-order valence-corrected chi connectivity index (χ1v) is 6.05. The van der Waals surface area contributed by atoms with Crippen LogP contribution in [0.1, 0.15) is 41.6 Å². The number of rotatable bonds is 7. The van der Waals surface area contributed by atoms with Gasteiger partial charge < -0.3 is 10.4 Å². The minimum Gasteiger partial charge on any atom is -0.396 e. The lowest BCUT2D eigenvalue weighted by atomic mass is 10.2. The van der Waals surface area contributed by atoms with Crippen molar-refractivity contribution in [2.45, 2.75) is 32.6 Å². The van der Waals surface area contributed by atoms with E-state index in [4.69, 9.17) is 5.11 Å². The first-order chi connectivity index (χ1) is 8.24. The molecule has 1 amide bonds. The highest BCUT2D eigenvalue weighted by atomic mass is 16.2. The maximum atomic E-state index is 11.7. The molecule has 94 valence electrons. The van der Waals surface area contributed by atoms with Crippen LogP contribution in [-0.4, -0.2) is 29.1 Å². The van der Waals surface area contributed by atoms with E-state index in [1.807, 2.05) is 13.0 Å². The molecule has 0 unspecified atom stereocenters. The molecule has 0 aliphatic carbocycles. The third kappa shape index (κ3) is 5.45. The SMILES string of the molecule is Cc1cncc(C(=O)NCCCCCCO)c1. The van der Waals surface area contributed by atoms with E-state index in [9.17, 15) is 4.79 Å². The first-order valence-electron chi connectivity index (χ1n) is 6.05. The fourth-order valence-electron chi connectivity index (χ4n) is 1.57. The Hall–Kier alpha value is -1.42. The smallest absolute Gasteiger partial charge is 0.252 e. The molecule has 0 bridgehead atoms. The molecule has 17 heavy (non-hydrogen) atoms. The van der Waals surface area contributed by atoms with Gasteiger partial charge in [-0.3, -0.25) is 9.78 Å². The Bertz CT molecular complexity index is 353. The number of aromatic nitrogens is 1. The second-order valence-electron chi connectivity index (χ2n) is 4.14. The monoisotopic (exact) mass is 236 g/mol. The van der Waals surface area contributed by atoms with Gasteiger partial charge in [-0.15, -0.1) is 0 Å². The maximum absolute atomic E-state index is 11.7. The van der Waals surface area contributed by atoms with Crippen molar-refractivity contribution in [3.05, 3.63) is 29.6 Å². The number of nitrogens with zero attached hydrogens (tertiary/aromatic N) is 1. The fourth-order valence-corrected chi connectivity index (χ4v) is 1.57. The highest BCUT2D eigenvalue weighted by Crippen LogP contribution is 2.02. The highest BCUT2D eigenvalue weighted by molar-refractivity contribution is 5.93. The van der Waals surface area contributed by atoms with E-state index in [0.717, 1.165) is 31.2 Å². The van der Waals surface area contributed by atoms with E-state index < -0.39 is 0 Å². The summed E-state index contributed by atoms with van der Waals surface area (Å²) in [6.45, 7) is 2.85. The van der Waals surface area contributed by atoms with Crippen molar-refractivity contribution in [2.75, 3.05) is 13.2 Å². The third-order valence-corrected chi connectivity index (χ3v) is 2.51. The number of aliphatic hydroxyl groups excluding tert-OH is 1. The second kappa shape index (κ2) is 7.79. The van der Waals surface area contributed by atoms with E-state index in [1.54, 1.807) is 12.4 Å². The maximum Gasteiger partial charge on any atom is 0.252 e. The van der Waals surface area contributed by atoms with Gasteiger partial charge in [0.2, 0.25) is 0 Å². The molecule has 2 N–H and O–H groups in total. The second-order valence-corrected chi connectivity index (χ2v) is 4.14. The number of hydrogen-bond acceptors (Lipinski definition) is 3. The molecule has 1 rings (SSSR count). The van der Waals surface area contributed by atoms with Crippen LogP contribution in [0.2, 0.25) is 0 Å². The number of aliphatic hydroxyl groups is 1. The molecule has 0 aromatic carbocycles. The summed E-state index contributed by atoms with van der Waals surface area (Å²) >= 11 is 0. The summed E-state index contributed by atoms with van der Waals surface area (Å²) in [5.41, 5.74) is 1.60. The van der Waals surface area contributed by atoms with Crippen molar-refractivity contribution in [3.63, 3.8) is 0 Å². The fraction of sp³-hybridized carbons (Fsp3) is 0.538. The van der Waals surface area contributed by atoms with Gasteiger partial charge in [-0.2, -0.15) is 0 Å². The molecule has 0 atom stereocenters. The predicted octanol–water partition coefficient (Wildman–Crippen LogP) is 1.67. The van der Waals surface area contributed by atoms with Gasteiger partial charge in [0.15, 0.2) is 0 Å². The molecule has 0 aliphatic heterocycles. The molecule has 1 heterocycles. The van der Waals surface area contributed by atoms with Crippen LogP contribution in [0.4, 0.5) is 0 Å². The van der Waals surface area contributed by atoms with Gasteiger partial charge in [0.05, 0.1) is 5.56 Å². The standard InChI is InChI=1S/C13H20N2O2/c1-11-8-12(10-14-9-11)13(17)15-6-4-2-3-5-7-16/h8-10,16H,2-7H2,1H3,(H,15,17). The Labute approximate surface area is 102 Å². The number of hydrogen-bond donors (Lipinski definition) is 2. The van der Waals surface area contributed by atoms with Gasteiger partial charge in [-0.25, -0.2) is 0 Å². The molecular formula is C13H20N2O2. The van der Waals surface area contributed by atoms with Crippen molar-refractivity contribution in [1.82, 2.24) is 10.3 Å². The van der Waals surface area contributed by atoms with Crippen LogP contribution in [0.3, 0.4) is 0 Å². The molecule has 0 spiro atoms. The van der Waals surface area contributed by atoms with Crippen molar-refractivity contribution in [3.8, 4) is 0 Å². The van der Waals surface area contributed by atoms with Gasteiger partial charge in [0.1, 0.15) is 0 Å². The Balaban J connectivity index is 2.21. The quantitative estimate of drug-likeness (QED) is 0.708. The summed E-state index contributed by atoms with van der Waals surface area (Å²) < 4.78 is 0. The molecule has 0 aliphatic rings. The van der Waals surface area contributed by atoms with Crippen molar-refractivity contribution >= 4 is 5.91 Å². The van der Waals surface area contributed by atoms with Crippen LogP contribution in [0, 0.1) is 6.92 Å². The van der Waals surface area contributed by atoms with Crippen molar-refractivity contribution in [2.24, 2.45) is 0 Å². The van der Waals surface area contributed by atoms with Gasteiger partial charge >= 0.3 is 0 Å². The normalized spacial score (nSPS) is 10.2. The predicted molar refractivity (Wildman–Crippen MR) is 66.9 cm³/mol. The zero-order chi connectivity index (χ0) is 12.5. The molecule has 4 nitrogen and oxygen atoms in total. The summed E-state index contributed by atoms with van der Waals surface area (Å²) in [6.07, 6.45) is 7.14. The molecular weight excluding hydrogens is 216 g/mol. The zero-order valence-electron chi connectivity index (χ0n) is 10.3.